The van der Waals surface area contributed by atoms with Crippen LogP contribution in [0.1, 0.15) is 19.3 Å². The molecule has 1 aliphatic carbocycles. The van der Waals surface area contributed by atoms with Crippen LogP contribution in [0, 0.1) is 5.92 Å². The van der Waals surface area contributed by atoms with E-state index in [0.29, 0.717) is 19.3 Å². The van der Waals surface area contributed by atoms with Crippen LogP contribution in [0.15, 0.2) is 20.0 Å². The molecule has 104 valence electrons. The number of isocyanates is 4. The van der Waals surface area contributed by atoms with Gasteiger partial charge >= 0.3 is 0 Å². The SMILES string of the molecule is O=C=NCC1CCCC(CN=C=O)(N=C=O)C1N=C=O. The summed E-state index contributed by atoms with van der Waals surface area (Å²) in [5.74, 6) is -0.273. The van der Waals surface area contributed by atoms with E-state index < -0.39 is 11.6 Å². The Balaban J connectivity index is 3.21. The van der Waals surface area contributed by atoms with Crippen LogP contribution in [-0.4, -0.2) is 49.0 Å². The second kappa shape index (κ2) is 7.85. The van der Waals surface area contributed by atoms with Crippen LogP contribution in [0.2, 0.25) is 0 Å². The third-order valence-electron chi connectivity index (χ3n) is 3.45. The summed E-state index contributed by atoms with van der Waals surface area (Å²) >= 11 is 0. The van der Waals surface area contributed by atoms with E-state index in [4.69, 9.17) is 0 Å². The van der Waals surface area contributed by atoms with Crippen LogP contribution in [0.3, 0.4) is 0 Å². The van der Waals surface area contributed by atoms with Crippen LogP contribution < -0.4 is 0 Å². The highest BCUT2D eigenvalue weighted by Crippen LogP contribution is 2.38. The summed E-state index contributed by atoms with van der Waals surface area (Å²) < 4.78 is 0. The second-order valence-electron chi connectivity index (χ2n) is 4.46. The summed E-state index contributed by atoms with van der Waals surface area (Å²) in [5.41, 5.74) is -1.13. The van der Waals surface area contributed by atoms with E-state index in [1.54, 1.807) is 0 Å². The van der Waals surface area contributed by atoms with Crippen molar-refractivity contribution in [2.45, 2.75) is 30.8 Å². The summed E-state index contributed by atoms with van der Waals surface area (Å²) in [4.78, 5) is 56.1. The lowest BCUT2D eigenvalue weighted by atomic mass is 9.71. The first-order valence-corrected chi connectivity index (χ1v) is 5.97. The Morgan fingerprint density at radius 2 is 1.75 bits per heavy atom. The molecule has 3 unspecified atom stereocenters. The Labute approximate surface area is 114 Å². The monoisotopic (exact) mass is 276 g/mol. The van der Waals surface area contributed by atoms with Gasteiger partial charge in [-0.25, -0.2) is 29.2 Å². The molecule has 0 aliphatic heterocycles. The Bertz CT molecular complexity index is 538. The van der Waals surface area contributed by atoms with Gasteiger partial charge in [0.05, 0.1) is 19.1 Å². The van der Waals surface area contributed by atoms with Crippen molar-refractivity contribution in [3.05, 3.63) is 0 Å². The van der Waals surface area contributed by atoms with Crippen molar-refractivity contribution in [3.8, 4) is 0 Å². The molecule has 1 saturated carbocycles. The fourth-order valence-corrected chi connectivity index (χ4v) is 2.63. The lowest BCUT2D eigenvalue weighted by Crippen LogP contribution is -2.50. The van der Waals surface area contributed by atoms with Crippen LogP contribution in [0.5, 0.6) is 0 Å². The highest BCUT2D eigenvalue weighted by Gasteiger charge is 2.46. The van der Waals surface area contributed by atoms with Crippen LogP contribution in [0.25, 0.3) is 0 Å². The maximum absolute atomic E-state index is 10.7. The average Bonchev–Trinajstić information content (AvgIpc) is 2.46. The van der Waals surface area contributed by atoms with E-state index in [0.717, 1.165) is 0 Å². The summed E-state index contributed by atoms with van der Waals surface area (Å²) in [6.45, 7) is -0.0107. The van der Waals surface area contributed by atoms with Crippen molar-refractivity contribution in [2.75, 3.05) is 13.1 Å². The molecule has 1 aliphatic rings. The predicted octanol–water partition coefficient (Wildman–Crippen LogP) is 0.237. The molecule has 0 amide bonds. The zero-order valence-electron chi connectivity index (χ0n) is 10.6. The topological polar surface area (TPSA) is 118 Å². The van der Waals surface area contributed by atoms with Gasteiger partial charge < -0.3 is 0 Å². The third kappa shape index (κ3) is 3.51. The minimum atomic E-state index is -1.13. The number of nitrogens with zero attached hydrogens (tertiary/aromatic N) is 4. The Kier molecular flexibility index (Phi) is 6.11. The molecule has 0 heterocycles. The van der Waals surface area contributed by atoms with E-state index >= 15 is 0 Å². The number of hydrogen-bond donors (Lipinski definition) is 0. The molecular formula is C12H12N4O4. The van der Waals surface area contributed by atoms with Gasteiger partial charge in [0.25, 0.3) is 0 Å². The van der Waals surface area contributed by atoms with Crippen LogP contribution >= 0.6 is 0 Å². The number of aliphatic imine (C=N–C) groups is 4. The van der Waals surface area contributed by atoms with Gasteiger partial charge in [-0.1, -0.05) is 6.42 Å². The van der Waals surface area contributed by atoms with Crippen molar-refractivity contribution in [3.63, 3.8) is 0 Å². The molecule has 0 radical (unpaired) electrons. The third-order valence-corrected chi connectivity index (χ3v) is 3.45. The fraction of sp³-hybridized carbons (Fsp3) is 0.667. The lowest BCUT2D eigenvalue weighted by molar-refractivity contribution is 0.196. The molecule has 0 spiro atoms. The summed E-state index contributed by atoms with van der Waals surface area (Å²) in [7, 11) is 0. The normalized spacial score (nSPS) is 28.0. The summed E-state index contributed by atoms with van der Waals surface area (Å²) in [6.07, 6.45) is 7.42. The van der Waals surface area contributed by atoms with Crippen LogP contribution in [0.4, 0.5) is 0 Å². The molecule has 3 atom stereocenters. The number of carbonyl (C=O) groups excluding carboxylic acids is 4. The van der Waals surface area contributed by atoms with Gasteiger partial charge in [-0.05, 0) is 12.8 Å². The molecule has 0 aromatic heterocycles. The van der Waals surface area contributed by atoms with Crippen molar-refractivity contribution in [1.29, 1.82) is 0 Å². The highest BCUT2D eigenvalue weighted by molar-refractivity contribution is 5.40. The lowest BCUT2D eigenvalue weighted by Gasteiger charge is -2.39. The first-order chi connectivity index (χ1) is 9.74. The molecule has 0 saturated heterocycles. The number of rotatable bonds is 6. The average molecular weight is 276 g/mol. The van der Waals surface area contributed by atoms with Gasteiger partial charge in [-0.15, -0.1) is 0 Å². The van der Waals surface area contributed by atoms with E-state index in [2.05, 4.69) is 20.0 Å². The molecule has 1 rings (SSSR count). The van der Waals surface area contributed by atoms with Gasteiger partial charge in [0.15, 0.2) is 0 Å². The van der Waals surface area contributed by atoms with Gasteiger partial charge in [-0.2, -0.15) is 9.98 Å². The molecule has 0 N–H and O–H groups in total. The van der Waals surface area contributed by atoms with Crippen molar-refractivity contribution >= 4 is 24.3 Å². The Hall–Kier alpha value is -2.48. The van der Waals surface area contributed by atoms with Gasteiger partial charge in [0.2, 0.25) is 24.3 Å². The molecule has 0 aromatic carbocycles. The maximum atomic E-state index is 10.7. The van der Waals surface area contributed by atoms with Crippen molar-refractivity contribution in [1.82, 2.24) is 0 Å². The largest absolute Gasteiger partial charge is 0.235 e. The van der Waals surface area contributed by atoms with Crippen LogP contribution in [-0.2, 0) is 19.2 Å². The van der Waals surface area contributed by atoms with E-state index in [-0.39, 0.29) is 19.0 Å². The molecule has 20 heavy (non-hydrogen) atoms. The fourth-order valence-electron chi connectivity index (χ4n) is 2.63. The summed E-state index contributed by atoms with van der Waals surface area (Å²) in [5, 5.41) is 0. The predicted molar refractivity (Wildman–Crippen MR) is 66.1 cm³/mol. The molecule has 0 aromatic rings. The maximum Gasteiger partial charge on any atom is 0.235 e. The molecule has 8 heteroatoms. The zero-order chi connectivity index (χ0) is 14.8. The van der Waals surface area contributed by atoms with Gasteiger partial charge in [0.1, 0.15) is 5.54 Å². The molecule has 1 fully saturated rings. The quantitative estimate of drug-likeness (QED) is 0.509. The first-order valence-electron chi connectivity index (χ1n) is 5.97. The molecule has 0 bridgehead atoms. The minimum absolute atomic E-state index is 0.111. The van der Waals surface area contributed by atoms with Gasteiger partial charge in [-0.3, -0.25) is 0 Å². The van der Waals surface area contributed by atoms with Gasteiger partial charge in [0, 0.05) is 5.92 Å². The zero-order valence-corrected chi connectivity index (χ0v) is 10.6. The number of hydrogen-bond acceptors (Lipinski definition) is 8. The Morgan fingerprint density at radius 3 is 2.35 bits per heavy atom. The standard InChI is InChI=1S/C12H12N4O4/c17-6-13-4-10-2-1-3-12(16-9-20,5-14-7-18)11(10)15-8-19/h10-11H,1-5H2. The van der Waals surface area contributed by atoms with E-state index in [9.17, 15) is 19.2 Å². The molecule has 8 nitrogen and oxygen atoms in total. The highest BCUT2D eigenvalue weighted by atomic mass is 16.1. The Morgan fingerprint density at radius 1 is 1.00 bits per heavy atom. The summed E-state index contributed by atoms with van der Waals surface area (Å²) in [6, 6.07) is -0.732. The van der Waals surface area contributed by atoms with E-state index in [1.165, 1.54) is 24.3 Å². The first kappa shape index (κ1) is 15.6. The van der Waals surface area contributed by atoms with Crippen molar-refractivity contribution in [2.24, 2.45) is 25.9 Å². The van der Waals surface area contributed by atoms with E-state index in [1.807, 2.05) is 0 Å². The minimum Gasteiger partial charge on any atom is -0.211 e. The smallest absolute Gasteiger partial charge is 0.211 e. The second-order valence-corrected chi connectivity index (χ2v) is 4.46. The van der Waals surface area contributed by atoms with Crippen molar-refractivity contribution < 1.29 is 19.2 Å². The molecular weight excluding hydrogens is 264 g/mol.